The number of morpholine rings is 1. The first-order chi connectivity index (χ1) is 53.7. The molecule has 3 aliphatic heterocycles. The van der Waals surface area contributed by atoms with E-state index < -0.39 is 132 Å². The van der Waals surface area contributed by atoms with Gasteiger partial charge in [-0.3, -0.25) is 58.4 Å². The summed E-state index contributed by atoms with van der Waals surface area (Å²) in [5.74, 6) is -5.77. The van der Waals surface area contributed by atoms with E-state index >= 15 is 13.2 Å². The van der Waals surface area contributed by atoms with E-state index in [-0.39, 0.29) is 80.2 Å². The minimum atomic E-state index is -4.73. The molecule has 0 radical (unpaired) electrons. The average Bonchev–Trinajstić information content (AvgIpc) is 1.65. The summed E-state index contributed by atoms with van der Waals surface area (Å²) in [5, 5.41) is 25.2. The van der Waals surface area contributed by atoms with Crippen molar-refractivity contribution in [2.24, 2.45) is 46.8 Å². The number of methoxy groups -OCH3 is 2. The van der Waals surface area contributed by atoms with E-state index in [4.69, 9.17) is 18.9 Å². The van der Waals surface area contributed by atoms with Crippen LogP contribution in [0.1, 0.15) is 235 Å². The minimum Gasteiger partial charge on any atom is -0.445 e. The largest absolute Gasteiger partial charge is 0.445 e. The maximum absolute atomic E-state index is 15.0. The normalized spacial score (nSPS) is 20.3. The van der Waals surface area contributed by atoms with Crippen molar-refractivity contribution in [2.45, 2.75) is 297 Å². The standard InChI is InChI=1S/C86H139F3N10O14/c1-17-58(10)75(68(110-15)53-71(101)98-47-33-39-67(98)77(111-16)59(11)78(103)90-60(12)76(102)62-34-26-24-27-35-62)95(13)83(108)73(56(6)7)94-81(106)74(57(8)9)96(14)84(109)113-54-61-41-43-64(44-42-61)91-79(104)66(38-32-45-97-48-50-112-51-49-97)92-80(105)72(55(4)5)93-69(86(87,88)89)40-30-25-31-46-99-70(100)52-65(82(99)107)85(18-2,19-3)63-36-28-22-20-21-23-29-37-63/h24,26-27,34-35,41-44,55-60,63,65-69,72-77,93,102H,17-23,25,28-33,36-40,45-54H2,1-16H3,(H,90,103)(H,91,104)(H,92,105)(H,94,106)/t58-,59+,60+,65?,66-,67-,68+,69+,72-,73-,74-,75-,76+,77+/m0/s1. The lowest BCUT2D eigenvalue weighted by Gasteiger charge is -2.44. The lowest BCUT2D eigenvalue weighted by atomic mass is 9.60. The van der Waals surface area contributed by atoms with Gasteiger partial charge in [-0.1, -0.05) is 176 Å². The van der Waals surface area contributed by atoms with Crippen LogP contribution in [0.5, 0.6) is 0 Å². The van der Waals surface area contributed by atoms with E-state index in [0.717, 1.165) is 38.5 Å². The Morgan fingerprint density at radius 2 is 1.29 bits per heavy atom. The van der Waals surface area contributed by atoms with Crippen LogP contribution in [0.15, 0.2) is 54.6 Å². The average molecular weight is 1590 g/mol. The molecule has 1 saturated carbocycles. The zero-order chi connectivity index (χ0) is 83.4. The van der Waals surface area contributed by atoms with Crippen LogP contribution in [-0.4, -0.2) is 224 Å². The maximum atomic E-state index is 15.0. The molecule has 6 N–H and O–H groups in total. The van der Waals surface area contributed by atoms with Gasteiger partial charge in [-0.25, -0.2) is 4.79 Å². The van der Waals surface area contributed by atoms with Gasteiger partial charge in [-0.15, -0.1) is 0 Å². The Kier molecular flexibility index (Phi) is 38.9. The highest BCUT2D eigenvalue weighted by Crippen LogP contribution is 2.51. The van der Waals surface area contributed by atoms with Crippen LogP contribution in [0.3, 0.4) is 0 Å². The number of unbranched alkanes of at least 4 members (excludes halogenated alkanes) is 2. The van der Waals surface area contributed by atoms with Crippen molar-refractivity contribution in [2.75, 3.05) is 79.6 Å². The molecule has 27 heteroatoms. The van der Waals surface area contributed by atoms with Gasteiger partial charge in [0.25, 0.3) is 0 Å². The summed E-state index contributed by atoms with van der Waals surface area (Å²) in [4.78, 5) is 136. The Balaban J connectivity index is 1.04. The molecule has 4 aliphatic rings. The molecular formula is C86H139F3N10O14. The van der Waals surface area contributed by atoms with Gasteiger partial charge in [-0.05, 0) is 136 Å². The molecule has 4 fully saturated rings. The van der Waals surface area contributed by atoms with Crippen LogP contribution in [0, 0.1) is 46.8 Å². The van der Waals surface area contributed by atoms with E-state index in [1.54, 1.807) is 109 Å². The molecule has 9 amide bonds. The van der Waals surface area contributed by atoms with Gasteiger partial charge >= 0.3 is 12.3 Å². The van der Waals surface area contributed by atoms with Crippen molar-refractivity contribution in [3.05, 3.63) is 65.7 Å². The summed E-state index contributed by atoms with van der Waals surface area (Å²) in [5.41, 5.74) is 1.23. The Hall–Kier alpha value is -6.78. The Morgan fingerprint density at radius 3 is 1.87 bits per heavy atom. The SMILES string of the molecule is CC[C@H](C)[C@@H]([C@@H](CC(=O)N1CCC[C@H]1[C@H](OC)[C@@H](C)C(=O)N[C@H](C)[C@@H](O)c1ccccc1)OC)N(C)C(=O)[C@@H](NC(=O)[C@H](C(C)C)N(C)C(=O)OCc1ccc(NC(=O)[C@H](CCCN2CCOCC2)NC(=O)[C@@H](N[C@H](CCCCCN2C(=O)CC(C(CC)(CC)C3CCCCCCCC3)C2=O)C(F)(F)F)C(C)C)cc1)C(C)C. The summed E-state index contributed by atoms with van der Waals surface area (Å²) in [6.07, 6.45) is 5.77. The molecular weight excluding hydrogens is 1450 g/mol. The zero-order valence-electron chi connectivity index (χ0n) is 70.7. The van der Waals surface area contributed by atoms with Gasteiger partial charge in [0, 0.05) is 66.6 Å². The lowest BCUT2D eigenvalue weighted by Crippen LogP contribution is -2.60. The van der Waals surface area contributed by atoms with Crippen molar-refractivity contribution in [1.29, 1.82) is 0 Å². The smallest absolute Gasteiger partial charge is 0.410 e. The third kappa shape index (κ3) is 26.6. The van der Waals surface area contributed by atoms with Gasteiger partial charge in [0.1, 0.15) is 30.8 Å². The summed E-state index contributed by atoms with van der Waals surface area (Å²) < 4.78 is 68.4. The fraction of sp³-hybridized carbons (Fsp3) is 0.756. The number of benzene rings is 2. The van der Waals surface area contributed by atoms with Gasteiger partial charge < -0.3 is 55.1 Å². The van der Waals surface area contributed by atoms with Crippen LogP contribution in [0.4, 0.5) is 23.7 Å². The summed E-state index contributed by atoms with van der Waals surface area (Å²) in [7, 11) is 6.09. The number of ether oxygens (including phenoxy) is 4. The predicted octanol–water partition coefficient (Wildman–Crippen LogP) is 12.2. The van der Waals surface area contributed by atoms with E-state index in [1.807, 2.05) is 32.0 Å². The van der Waals surface area contributed by atoms with Gasteiger partial charge in [-0.2, -0.15) is 13.2 Å². The highest BCUT2D eigenvalue weighted by atomic mass is 19.4. The molecule has 2 aromatic carbocycles. The van der Waals surface area contributed by atoms with Crippen LogP contribution in [0.25, 0.3) is 0 Å². The Bertz CT molecular complexity index is 3300. The monoisotopic (exact) mass is 1590 g/mol. The van der Waals surface area contributed by atoms with Crippen molar-refractivity contribution in [3.8, 4) is 0 Å². The van der Waals surface area contributed by atoms with Crippen molar-refractivity contribution < 1.29 is 80.4 Å². The van der Waals surface area contributed by atoms with Gasteiger partial charge in [0.05, 0.1) is 73.9 Å². The van der Waals surface area contributed by atoms with Crippen molar-refractivity contribution >= 4 is 59.0 Å². The Morgan fingerprint density at radius 1 is 0.664 bits per heavy atom. The van der Waals surface area contributed by atoms with Gasteiger partial charge in [0.2, 0.25) is 47.3 Å². The summed E-state index contributed by atoms with van der Waals surface area (Å²) >= 11 is 0. The van der Waals surface area contributed by atoms with Crippen LogP contribution < -0.4 is 26.6 Å². The topological polar surface area (TPSA) is 287 Å². The second-order valence-electron chi connectivity index (χ2n) is 33.5. The fourth-order valence-electron chi connectivity index (χ4n) is 17.8. The number of amides is 9. The molecule has 1 unspecified atom stereocenters. The molecule has 0 bridgehead atoms. The molecule has 0 aromatic heterocycles. The summed E-state index contributed by atoms with van der Waals surface area (Å²) in [6.45, 7) is 25.5. The molecule has 3 saturated heterocycles. The molecule has 1 aliphatic carbocycles. The second-order valence-corrected chi connectivity index (χ2v) is 33.5. The quantitative estimate of drug-likeness (QED) is 0.0266. The number of anilines is 1. The Labute approximate surface area is 671 Å². The number of hydrogen-bond donors (Lipinski definition) is 6. The van der Waals surface area contributed by atoms with E-state index in [0.29, 0.717) is 101 Å². The van der Waals surface area contributed by atoms with Crippen molar-refractivity contribution in [3.63, 3.8) is 0 Å². The highest BCUT2D eigenvalue weighted by Gasteiger charge is 2.53. The number of aliphatic hydroxyl groups excluding tert-OH is 1. The van der Waals surface area contributed by atoms with Gasteiger partial charge in [0.15, 0.2) is 0 Å². The molecule has 0 spiro atoms. The second kappa shape index (κ2) is 46.2. The van der Waals surface area contributed by atoms with E-state index in [1.165, 1.54) is 56.8 Å². The number of carbonyl (C=O) groups is 9. The van der Waals surface area contributed by atoms with Crippen LogP contribution in [0.2, 0.25) is 0 Å². The van der Waals surface area contributed by atoms with Crippen LogP contribution in [-0.2, 0) is 63.9 Å². The lowest BCUT2D eigenvalue weighted by molar-refractivity contribution is -0.161. The summed E-state index contributed by atoms with van der Waals surface area (Å²) in [6, 6.07) is 7.04. The number of hydrogen-bond acceptors (Lipinski definition) is 16. The number of aliphatic hydroxyl groups is 1. The first-order valence-corrected chi connectivity index (χ1v) is 42.2. The number of likely N-dealkylation sites (tertiary alicyclic amines) is 2. The zero-order valence-corrected chi connectivity index (χ0v) is 70.7. The first kappa shape index (κ1) is 95.1. The predicted molar refractivity (Wildman–Crippen MR) is 430 cm³/mol. The van der Waals surface area contributed by atoms with E-state index in [9.17, 15) is 48.3 Å². The fourth-order valence-corrected chi connectivity index (χ4v) is 17.8. The molecule has 24 nitrogen and oxygen atoms in total. The maximum Gasteiger partial charge on any atom is 0.410 e. The molecule has 6 rings (SSSR count). The third-order valence-electron chi connectivity index (χ3n) is 24.9. The molecule has 638 valence electrons. The molecule has 113 heavy (non-hydrogen) atoms. The molecule has 3 heterocycles. The number of nitrogens with zero attached hydrogens (tertiary/aromatic N) is 5. The number of carbonyl (C=O) groups excluding carboxylic acids is 9. The number of rotatable bonds is 43. The first-order valence-electron chi connectivity index (χ1n) is 42.2. The third-order valence-corrected chi connectivity index (χ3v) is 24.9. The number of nitrogens with one attached hydrogen (secondary N) is 5. The molecule has 2 aromatic rings. The van der Waals surface area contributed by atoms with Crippen LogP contribution >= 0.6 is 0 Å². The van der Waals surface area contributed by atoms with Crippen molar-refractivity contribution in [1.82, 2.24) is 45.8 Å². The number of halogens is 3. The number of imide groups is 1. The van der Waals surface area contributed by atoms with E-state index in [2.05, 4.69) is 45.3 Å². The number of likely N-dealkylation sites (N-methyl/N-ethyl adjacent to an activating group) is 2. The minimum absolute atomic E-state index is 0.0992. The number of alkyl halides is 3. The molecule has 14 atom stereocenters. The highest BCUT2D eigenvalue weighted by molar-refractivity contribution is 6.04.